The lowest BCUT2D eigenvalue weighted by atomic mass is 10.3. The Labute approximate surface area is 88.9 Å². The Bertz CT molecular complexity index is 262. The highest BCUT2D eigenvalue weighted by molar-refractivity contribution is 7.07. The zero-order valence-electron chi connectivity index (χ0n) is 8.91. The zero-order valence-corrected chi connectivity index (χ0v) is 9.73. The normalized spacial score (nSPS) is 10.9. The zero-order chi connectivity index (χ0) is 10.4. The standard InChI is InChI=1S/C9H17N3OS/c1-7(2)10-5-4-6-13-9-11-8(3)12-14-9/h7,10H,4-6H2,1-3H3. The van der Waals surface area contributed by atoms with Crippen molar-refractivity contribution < 1.29 is 4.74 Å². The van der Waals surface area contributed by atoms with Gasteiger partial charge in [-0.05, 0) is 19.9 Å². The van der Waals surface area contributed by atoms with Gasteiger partial charge in [0.2, 0.25) is 0 Å². The van der Waals surface area contributed by atoms with Crippen LogP contribution in [0, 0.1) is 6.92 Å². The molecule has 0 spiro atoms. The highest BCUT2D eigenvalue weighted by Crippen LogP contribution is 2.12. The molecular weight excluding hydrogens is 198 g/mol. The number of aryl methyl sites for hydroxylation is 1. The summed E-state index contributed by atoms with van der Waals surface area (Å²) in [4.78, 5) is 4.11. The molecule has 0 saturated heterocycles. The van der Waals surface area contributed by atoms with Crippen molar-refractivity contribution in [2.24, 2.45) is 0 Å². The molecule has 80 valence electrons. The molecule has 0 saturated carbocycles. The van der Waals surface area contributed by atoms with E-state index in [1.165, 1.54) is 11.5 Å². The fourth-order valence-electron chi connectivity index (χ4n) is 0.959. The Hall–Kier alpha value is -0.680. The van der Waals surface area contributed by atoms with Crippen LogP contribution in [0.1, 0.15) is 26.1 Å². The second-order valence-corrected chi connectivity index (χ2v) is 4.13. The Kier molecular flexibility index (Phi) is 4.82. The van der Waals surface area contributed by atoms with Crippen LogP contribution in [0.4, 0.5) is 0 Å². The van der Waals surface area contributed by atoms with E-state index < -0.39 is 0 Å². The van der Waals surface area contributed by atoms with Crippen LogP contribution in [0.25, 0.3) is 0 Å². The first-order valence-electron chi connectivity index (χ1n) is 4.85. The topological polar surface area (TPSA) is 47.0 Å². The van der Waals surface area contributed by atoms with Gasteiger partial charge >= 0.3 is 0 Å². The van der Waals surface area contributed by atoms with Gasteiger partial charge in [-0.2, -0.15) is 9.36 Å². The highest BCUT2D eigenvalue weighted by Gasteiger charge is 2.00. The van der Waals surface area contributed by atoms with Crippen LogP contribution < -0.4 is 10.1 Å². The number of hydrogen-bond donors (Lipinski definition) is 1. The van der Waals surface area contributed by atoms with E-state index in [1.807, 2.05) is 6.92 Å². The maximum absolute atomic E-state index is 5.41. The summed E-state index contributed by atoms with van der Waals surface area (Å²) in [5.74, 6) is 0.783. The molecule has 14 heavy (non-hydrogen) atoms. The average Bonchev–Trinajstić information content (AvgIpc) is 2.50. The van der Waals surface area contributed by atoms with Gasteiger partial charge in [0.25, 0.3) is 5.19 Å². The van der Waals surface area contributed by atoms with Crippen LogP contribution in [-0.2, 0) is 0 Å². The van der Waals surface area contributed by atoms with E-state index in [2.05, 4.69) is 28.5 Å². The van der Waals surface area contributed by atoms with Crippen LogP contribution in [0.15, 0.2) is 0 Å². The van der Waals surface area contributed by atoms with Crippen molar-refractivity contribution in [3.63, 3.8) is 0 Å². The van der Waals surface area contributed by atoms with E-state index in [9.17, 15) is 0 Å². The first-order chi connectivity index (χ1) is 6.68. The van der Waals surface area contributed by atoms with Crippen molar-refractivity contribution in [3.05, 3.63) is 5.82 Å². The molecule has 0 aliphatic rings. The largest absolute Gasteiger partial charge is 0.469 e. The van der Waals surface area contributed by atoms with Crippen LogP contribution in [0.3, 0.4) is 0 Å². The summed E-state index contributed by atoms with van der Waals surface area (Å²) in [6.45, 7) is 7.82. The highest BCUT2D eigenvalue weighted by atomic mass is 32.1. The molecule has 0 atom stereocenters. The molecular formula is C9H17N3OS. The van der Waals surface area contributed by atoms with Gasteiger partial charge in [-0.3, -0.25) is 0 Å². The van der Waals surface area contributed by atoms with Gasteiger partial charge in [0.1, 0.15) is 5.82 Å². The Morgan fingerprint density at radius 2 is 2.29 bits per heavy atom. The van der Waals surface area contributed by atoms with E-state index in [0.717, 1.165) is 18.8 Å². The SMILES string of the molecule is Cc1nsc(OCCCNC(C)C)n1. The second-order valence-electron chi connectivity index (χ2n) is 3.42. The molecule has 4 nitrogen and oxygen atoms in total. The third-order valence-corrected chi connectivity index (χ3v) is 2.33. The molecule has 5 heteroatoms. The smallest absolute Gasteiger partial charge is 0.293 e. The minimum Gasteiger partial charge on any atom is -0.469 e. The van der Waals surface area contributed by atoms with Gasteiger partial charge in [0, 0.05) is 17.6 Å². The van der Waals surface area contributed by atoms with Gasteiger partial charge in [0.15, 0.2) is 0 Å². The lowest BCUT2D eigenvalue weighted by molar-refractivity contribution is 0.304. The Balaban J connectivity index is 2.04. The number of nitrogens with zero attached hydrogens (tertiary/aromatic N) is 2. The lowest BCUT2D eigenvalue weighted by Gasteiger charge is -2.07. The summed E-state index contributed by atoms with van der Waals surface area (Å²) in [6.07, 6.45) is 0.997. The molecule has 0 amide bonds. The van der Waals surface area contributed by atoms with Crippen molar-refractivity contribution in [2.45, 2.75) is 33.2 Å². The van der Waals surface area contributed by atoms with E-state index in [0.29, 0.717) is 17.8 Å². The summed E-state index contributed by atoms with van der Waals surface area (Å²) in [5, 5.41) is 4.00. The molecule has 1 heterocycles. The molecule has 0 unspecified atom stereocenters. The molecule has 0 radical (unpaired) electrons. The summed E-state index contributed by atoms with van der Waals surface area (Å²) in [6, 6.07) is 0.541. The van der Waals surface area contributed by atoms with Crippen LogP contribution >= 0.6 is 11.5 Å². The first-order valence-corrected chi connectivity index (χ1v) is 5.62. The van der Waals surface area contributed by atoms with E-state index in [-0.39, 0.29) is 0 Å². The Morgan fingerprint density at radius 1 is 1.50 bits per heavy atom. The molecule has 0 aromatic carbocycles. The van der Waals surface area contributed by atoms with Gasteiger partial charge in [-0.1, -0.05) is 13.8 Å². The number of nitrogens with one attached hydrogen (secondary N) is 1. The molecule has 0 aliphatic carbocycles. The monoisotopic (exact) mass is 215 g/mol. The van der Waals surface area contributed by atoms with Crippen molar-refractivity contribution in [1.29, 1.82) is 0 Å². The number of rotatable bonds is 6. The molecule has 0 aliphatic heterocycles. The molecule has 1 aromatic heterocycles. The maximum atomic E-state index is 5.41. The van der Waals surface area contributed by atoms with Crippen LogP contribution in [0.5, 0.6) is 5.19 Å². The number of aromatic nitrogens is 2. The van der Waals surface area contributed by atoms with Crippen molar-refractivity contribution in [2.75, 3.05) is 13.2 Å². The van der Waals surface area contributed by atoms with Gasteiger partial charge in [-0.15, -0.1) is 0 Å². The van der Waals surface area contributed by atoms with E-state index in [4.69, 9.17) is 4.74 Å². The predicted octanol–water partition coefficient (Wildman–Crippen LogP) is 1.61. The maximum Gasteiger partial charge on any atom is 0.293 e. The predicted molar refractivity (Wildman–Crippen MR) is 57.9 cm³/mol. The number of hydrogen-bond acceptors (Lipinski definition) is 5. The summed E-state index contributed by atoms with van der Waals surface area (Å²) in [7, 11) is 0. The third-order valence-electron chi connectivity index (χ3n) is 1.61. The van der Waals surface area contributed by atoms with Gasteiger partial charge < -0.3 is 10.1 Å². The second kappa shape index (κ2) is 5.93. The van der Waals surface area contributed by atoms with Crippen molar-refractivity contribution in [1.82, 2.24) is 14.7 Å². The van der Waals surface area contributed by atoms with Crippen LogP contribution in [-0.4, -0.2) is 28.6 Å². The first kappa shape index (κ1) is 11.4. The minimum absolute atomic E-state index is 0.541. The molecule has 1 rings (SSSR count). The van der Waals surface area contributed by atoms with Crippen LogP contribution in [0.2, 0.25) is 0 Å². The summed E-state index contributed by atoms with van der Waals surface area (Å²) < 4.78 is 9.45. The lowest BCUT2D eigenvalue weighted by Crippen LogP contribution is -2.24. The average molecular weight is 215 g/mol. The van der Waals surface area contributed by atoms with Crippen molar-refractivity contribution >= 4 is 11.5 Å². The van der Waals surface area contributed by atoms with E-state index in [1.54, 1.807) is 0 Å². The van der Waals surface area contributed by atoms with Gasteiger partial charge in [-0.25, -0.2) is 0 Å². The van der Waals surface area contributed by atoms with E-state index >= 15 is 0 Å². The summed E-state index contributed by atoms with van der Waals surface area (Å²) >= 11 is 1.31. The fourth-order valence-corrected chi connectivity index (χ4v) is 1.52. The molecule has 0 bridgehead atoms. The quantitative estimate of drug-likeness (QED) is 0.732. The Morgan fingerprint density at radius 3 is 2.86 bits per heavy atom. The minimum atomic E-state index is 0.541. The molecule has 0 fully saturated rings. The third kappa shape index (κ3) is 4.53. The fraction of sp³-hybridized carbons (Fsp3) is 0.778. The van der Waals surface area contributed by atoms with Gasteiger partial charge in [0.05, 0.1) is 6.61 Å². The summed E-state index contributed by atoms with van der Waals surface area (Å²) in [5.41, 5.74) is 0. The molecule has 1 aromatic rings. The molecule has 1 N–H and O–H groups in total. The van der Waals surface area contributed by atoms with Crippen molar-refractivity contribution in [3.8, 4) is 5.19 Å². The number of ether oxygens (including phenoxy) is 1.